The molecular formula is C15H13BrO7. The maximum absolute atomic E-state index is 11.6. The van der Waals surface area contributed by atoms with Gasteiger partial charge in [0.25, 0.3) is 0 Å². The van der Waals surface area contributed by atoms with Gasteiger partial charge in [0.15, 0.2) is 12.9 Å². The Labute approximate surface area is 140 Å². The molecule has 0 aliphatic rings. The van der Waals surface area contributed by atoms with Crippen LogP contribution < -0.4 is 4.74 Å². The molecule has 122 valence electrons. The molecular weight excluding hydrogens is 372 g/mol. The minimum Gasteiger partial charge on any atom is -0.463 e. The lowest BCUT2D eigenvalue weighted by Crippen LogP contribution is -2.18. The zero-order chi connectivity index (χ0) is 17.2. The Morgan fingerprint density at radius 2 is 1.78 bits per heavy atom. The molecule has 7 nitrogen and oxygen atoms in total. The van der Waals surface area contributed by atoms with E-state index in [-0.39, 0.29) is 17.9 Å². The van der Waals surface area contributed by atoms with E-state index < -0.39 is 24.5 Å². The second kappa shape index (κ2) is 9.52. The van der Waals surface area contributed by atoms with Gasteiger partial charge in [-0.25, -0.2) is 14.4 Å². The largest absolute Gasteiger partial charge is 0.463 e. The number of esters is 3. The van der Waals surface area contributed by atoms with Crippen LogP contribution in [-0.4, -0.2) is 37.4 Å². The second-order valence-electron chi connectivity index (χ2n) is 3.97. The standard InChI is InChI=1S/C15H13BrO7/c1-2-21-13(18)5-6-14(19)22-9-15(20)23-12-4-3-11(16)7-10(12)8-17/h3-8H,2,9H2,1H3. The van der Waals surface area contributed by atoms with Crippen LogP contribution in [0.4, 0.5) is 0 Å². The molecule has 0 aromatic heterocycles. The molecule has 0 spiro atoms. The number of halogens is 1. The summed E-state index contributed by atoms with van der Waals surface area (Å²) in [5, 5.41) is 0. The van der Waals surface area contributed by atoms with Crippen molar-refractivity contribution in [1.29, 1.82) is 0 Å². The number of hydrogen-bond acceptors (Lipinski definition) is 7. The lowest BCUT2D eigenvalue weighted by atomic mass is 10.2. The van der Waals surface area contributed by atoms with Crippen LogP contribution in [0.3, 0.4) is 0 Å². The fourth-order valence-corrected chi connectivity index (χ4v) is 1.74. The number of carbonyl (C=O) groups is 4. The summed E-state index contributed by atoms with van der Waals surface area (Å²) in [6.45, 7) is 1.13. The van der Waals surface area contributed by atoms with Gasteiger partial charge in [0.1, 0.15) is 5.75 Å². The van der Waals surface area contributed by atoms with Gasteiger partial charge in [-0.15, -0.1) is 0 Å². The summed E-state index contributed by atoms with van der Waals surface area (Å²) in [6, 6.07) is 4.49. The number of hydrogen-bond donors (Lipinski definition) is 0. The third kappa shape index (κ3) is 6.88. The molecule has 0 fully saturated rings. The van der Waals surface area contributed by atoms with E-state index >= 15 is 0 Å². The summed E-state index contributed by atoms with van der Waals surface area (Å²) in [7, 11) is 0. The molecule has 23 heavy (non-hydrogen) atoms. The Morgan fingerprint density at radius 1 is 1.13 bits per heavy atom. The van der Waals surface area contributed by atoms with Gasteiger partial charge in [-0.2, -0.15) is 0 Å². The van der Waals surface area contributed by atoms with E-state index in [1.165, 1.54) is 12.1 Å². The highest BCUT2D eigenvalue weighted by atomic mass is 79.9. The predicted molar refractivity (Wildman–Crippen MR) is 81.9 cm³/mol. The normalized spacial score (nSPS) is 10.2. The fraction of sp³-hybridized carbons (Fsp3) is 0.200. The first-order chi connectivity index (χ1) is 11.0. The first kappa shape index (κ1) is 18.6. The zero-order valence-electron chi connectivity index (χ0n) is 12.1. The number of rotatable bonds is 7. The van der Waals surface area contributed by atoms with Crippen LogP contribution in [0.5, 0.6) is 5.75 Å². The molecule has 0 N–H and O–H groups in total. The highest BCUT2D eigenvalue weighted by molar-refractivity contribution is 9.10. The molecule has 1 rings (SSSR count). The summed E-state index contributed by atoms with van der Waals surface area (Å²) < 4.78 is 14.7. The van der Waals surface area contributed by atoms with Gasteiger partial charge in [-0.1, -0.05) is 15.9 Å². The summed E-state index contributed by atoms with van der Waals surface area (Å²) in [5.41, 5.74) is 0.168. The van der Waals surface area contributed by atoms with Crippen molar-refractivity contribution in [2.75, 3.05) is 13.2 Å². The highest BCUT2D eigenvalue weighted by Gasteiger charge is 2.11. The van der Waals surface area contributed by atoms with Gasteiger partial charge in [-0.3, -0.25) is 4.79 Å². The zero-order valence-corrected chi connectivity index (χ0v) is 13.7. The smallest absolute Gasteiger partial charge is 0.349 e. The monoisotopic (exact) mass is 384 g/mol. The Bertz CT molecular complexity index is 637. The van der Waals surface area contributed by atoms with Gasteiger partial charge in [0, 0.05) is 16.6 Å². The van der Waals surface area contributed by atoms with Crippen LogP contribution in [-0.2, 0) is 23.9 Å². The van der Waals surface area contributed by atoms with Crippen LogP contribution in [0.2, 0.25) is 0 Å². The van der Waals surface area contributed by atoms with E-state index in [1.807, 2.05) is 0 Å². The molecule has 0 bridgehead atoms. The number of aldehydes is 1. The van der Waals surface area contributed by atoms with E-state index in [2.05, 4.69) is 25.4 Å². The number of benzene rings is 1. The van der Waals surface area contributed by atoms with Crippen molar-refractivity contribution in [3.63, 3.8) is 0 Å². The molecule has 0 unspecified atom stereocenters. The molecule has 1 aromatic rings. The quantitative estimate of drug-likeness (QED) is 0.306. The van der Waals surface area contributed by atoms with Crippen molar-refractivity contribution in [3.05, 3.63) is 40.4 Å². The van der Waals surface area contributed by atoms with Gasteiger partial charge in [0.05, 0.1) is 12.2 Å². The van der Waals surface area contributed by atoms with Gasteiger partial charge >= 0.3 is 17.9 Å². The van der Waals surface area contributed by atoms with E-state index in [0.29, 0.717) is 10.8 Å². The van der Waals surface area contributed by atoms with Crippen molar-refractivity contribution < 1.29 is 33.4 Å². The Morgan fingerprint density at radius 3 is 2.39 bits per heavy atom. The third-order valence-electron chi connectivity index (χ3n) is 2.30. The van der Waals surface area contributed by atoms with Crippen molar-refractivity contribution >= 4 is 40.1 Å². The molecule has 0 saturated carbocycles. The van der Waals surface area contributed by atoms with Gasteiger partial charge in [-0.05, 0) is 25.1 Å². The van der Waals surface area contributed by atoms with E-state index in [0.717, 1.165) is 12.2 Å². The highest BCUT2D eigenvalue weighted by Crippen LogP contribution is 2.21. The van der Waals surface area contributed by atoms with Gasteiger partial charge in [0.2, 0.25) is 0 Å². The van der Waals surface area contributed by atoms with Crippen molar-refractivity contribution in [1.82, 2.24) is 0 Å². The minimum absolute atomic E-state index is 0.0475. The molecule has 1 aromatic carbocycles. The van der Waals surface area contributed by atoms with Crippen LogP contribution in [0, 0.1) is 0 Å². The van der Waals surface area contributed by atoms with Crippen LogP contribution in [0.25, 0.3) is 0 Å². The van der Waals surface area contributed by atoms with Crippen molar-refractivity contribution in [2.45, 2.75) is 6.92 Å². The average molecular weight is 385 g/mol. The van der Waals surface area contributed by atoms with Crippen LogP contribution in [0.15, 0.2) is 34.8 Å². The molecule has 0 saturated heterocycles. The maximum atomic E-state index is 11.6. The lowest BCUT2D eigenvalue weighted by Gasteiger charge is -2.07. The minimum atomic E-state index is -0.901. The van der Waals surface area contributed by atoms with Crippen molar-refractivity contribution in [2.24, 2.45) is 0 Å². The van der Waals surface area contributed by atoms with Gasteiger partial charge < -0.3 is 14.2 Å². The molecule has 0 radical (unpaired) electrons. The molecule has 0 amide bonds. The molecule has 0 aliphatic heterocycles. The number of ether oxygens (including phenoxy) is 3. The van der Waals surface area contributed by atoms with E-state index in [4.69, 9.17) is 4.74 Å². The first-order valence-electron chi connectivity index (χ1n) is 6.43. The summed E-state index contributed by atoms with van der Waals surface area (Å²) in [6.07, 6.45) is 2.25. The predicted octanol–water partition coefficient (Wildman–Crippen LogP) is 1.83. The third-order valence-corrected chi connectivity index (χ3v) is 2.79. The molecule has 0 atom stereocenters. The van der Waals surface area contributed by atoms with Crippen molar-refractivity contribution in [3.8, 4) is 5.75 Å². The number of carbonyl (C=O) groups excluding carboxylic acids is 4. The molecule has 0 aliphatic carbocycles. The fourth-order valence-electron chi connectivity index (χ4n) is 1.36. The lowest BCUT2D eigenvalue weighted by molar-refractivity contribution is -0.150. The second-order valence-corrected chi connectivity index (χ2v) is 4.88. The maximum Gasteiger partial charge on any atom is 0.349 e. The molecule has 8 heteroatoms. The van der Waals surface area contributed by atoms with Crippen LogP contribution >= 0.6 is 15.9 Å². The average Bonchev–Trinajstić information content (AvgIpc) is 2.53. The van der Waals surface area contributed by atoms with E-state index in [1.54, 1.807) is 13.0 Å². The summed E-state index contributed by atoms with van der Waals surface area (Å²) >= 11 is 3.18. The summed E-state index contributed by atoms with van der Waals surface area (Å²) in [5.74, 6) is -2.42. The van der Waals surface area contributed by atoms with Crippen LogP contribution in [0.1, 0.15) is 17.3 Å². The SMILES string of the molecule is CCOC(=O)C=CC(=O)OCC(=O)Oc1ccc(Br)cc1C=O. The Kier molecular flexibility index (Phi) is 7.69. The topological polar surface area (TPSA) is 96.0 Å². The first-order valence-corrected chi connectivity index (χ1v) is 7.22. The summed E-state index contributed by atoms with van der Waals surface area (Å²) in [4.78, 5) is 44.7. The Hall–Kier alpha value is -2.48. The molecule has 0 heterocycles. The Balaban J connectivity index is 2.50. The van der Waals surface area contributed by atoms with E-state index in [9.17, 15) is 19.2 Å².